The van der Waals surface area contributed by atoms with Crippen molar-refractivity contribution >= 4 is 5.78 Å². The molecule has 82 valence electrons. The molecule has 4 nitrogen and oxygen atoms in total. The lowest BCUT2D eigenvalue weighted by Gasteiger charge is -2.20. The summed E-state index contributed by atoms with van der Waals surface area (Å²) in [6.45, 7) is 1.58. The van der Waals surface area contributed by atoms with Crippen molar-refractivity contribution in [3.8, 4) is 0 Å². The minimum atomic E-state index is 0.155. The number of hydrogen-bond acceptors (Lipinski definition) is 3. The van der Waals surface area contributed by atoms with Gasteiger partial charge in [0.1, 0.15) is 5.69 Å². The molecule has 1 saturated heterocycles. The van der Waals surface area contributed by atoms with E-state index in [-0.39, 0.29) is 5.78 Å². The monoisotopic (exact) mass is 208 g/mol. The van der Waals surface area contributed by atoms with Crippen LogP contribution in [0.3, 0.4) is 0 Å². The second-order valence-electron chi connectivity index (χ2n) is 4.06. The third kappa shape index (κ3) is 2.65. The topological polar surface area (TPSA) is 44.1 Å². The molecule has 0 bridgehead atoms. The number of Topliss-reactive ketones (excluding diaryl/α,β-unsaturated/α-hetero) is 1. The molecule has 0 spiro atoms. The molecule has 0 N–H and O–H groups in total. The smallest absolute Gasteiger partial charge is 0.183 e. The summed E-state index contributed by atoms with van der Waals surface area (Å²) < 4.78 is 6.92. The highest BCUT2D eigenvalue weighted by atomic mass is 16.5. The van der Waals surface area contributed by atoms with Gasteiger partial charge in [-0.05, 0) is 24.8 Å². The molecular weight excluding hydrogens is 192 g/mol. The van der Waals surface area contributed by atoms with E-state index in [9.17, 15) is 4.79 Å². The summed E-state index contributed by atoms with van der Waals surface area (Å²) in [5.74, 6) is 0.635. The molecule has 2 heterocycles. The molecule has 1 aliphatic rings. The van der Waals surface area contributed by atoms with Crippen molar-refractivity contribution < 1.29 is 9.53 Å². The van der Waals surface area contributed by atoms with Gasteiger partial charge in [0.05, 0.1) is 0 Å². The molecule has 1 aromatic rings. The van der Waals surface area contributed by atoms with Crippen LogP contribution in [-0.4, -0.2) is 28.8 Å². The molecule has 4 heteroatoms. The van der Waals surface area contributed by atoms with Crippen LogP contribution in [0.15, 0.2) is 12.3 Å². The molecular formula is C11H16N2O2. The highest BCUT2D eigenvalue weighted by Gasteiger charge is 2.19. The summed E-state index contributed by atoms with van der Waals surface area (Å²) in [6.07, 6.45) is 4.41. The summed E-state index contributed by atoms with van der Waals surface area (Å²) in [4.78, 5) is 11.8. The van der Waals surface area contributed by atoms with E-state index in [0.717, 1.165) is 26.1 Å². The first-order valence-electron chi connectivity index (χ1n) is 5.36. The molecule has 2 rings (SSSR count). The van der Waals surface area contributed by atoms with Crippen molar-refractivity contribution in [2.45, 2.75) is 19.3 Å². The lowest BCUT2D eigenvalue weighted by molar-refractivity contribution is 0.0599. The second-order valence-corrected chi connectivity index (χ2v) is 4.06. The summed E-state index contributed by atoms with van der Waals surface area (Å²) in [5, 5.41) is 4.11. The van der Waals surface area contributed by atoms with E-state index in [1.165, 1.54) is 0 Å². The maximum Gasteiger partial charge on any atom is 0.183 e. The van der Waals surface area contributed by atoms with Gasteiger partial charge >= 0.3 is 0 Å². The molecule has 0 aromatic carbocycles. The van der Waals surface area contributed by atoms with Crippen LogP contribution in [0.25, 0.3) is 0 Å². The van der Waals surface area contributed by atoms with E-state index in [1.807, 2.05) is 7.05 Å². The standard InChI is InChI=1S/C11H16N2O2/c1-13-5-2-10(12-13)11(14)8-9-3-6-15-7-4-9/h2,5,9H,3-4,6-8H2,1H3. The van der Waals surface area contributed by atoms with Gasteiger partial charge < -0.3 is 4.74 Å². The number of ether oxygens (including phenoxy) is 1. The number of hydrogen-bond donors (Lipinski definition) is 0. The van der Waals surface area contributed by atoms with E-state index in [1.54, 1.807) is 16.9 Å². The Labute approximate surface area is 89.2 Å². The molecule has 1 aromatic heterocycles. The molecule has 0 saturated carbocycles. The average Bonchev–Trinajstić information content (AvgIpc) is 2.66. The van der Waals surface area contributed by atoms with Crippen LogP contribution < -0.4 is 0 Å². The van der Waals surface area contributed by atoms with E-state index in [0.29, 0.717) is 18.0 Å². The fourth-order valence-corrected chi connectivity index (χ4v) is 1.88. The quantitative estimate of drug-likeness (QED) is 0.706. The first kappa shape index (κ1) is 10.4. The Bertz CT molecular complexity index is 340. The summed E-state index contributed by atoms with van der Waals surface area (Å²) in [6, 6.07) is 1.78. The Morgan fingerprint density at radius 2 is 2.33 bits per heavy atom. The molecule has 0 aliphatic carbocycles. The van der Waals surface area contributed by atoms with Crippen molar-refractivity contribution in [3.05, 3.63) is 18.0 Å². The number of rotatable bonds is 3. The second kappa shape index (κ2) is 4.57. The zero-order chi connectivity index (χ0) is 10.7. The van der Waals surface area contributed by atoms with Gasteiger partial charge in [-0.1, -0.05) is 0 Å². The third-order valence-electron chi connectivity index (χ3n) is 2.81. The Morgan fingerprint density at radius 3 is 2.93 bits per heavy atom. The maximum atomic E-state index is 11.8. The van der Waals surface area contributed by atoms with Crippen LogP contribution in [-0.2, 0) is 11.8 Å². The predicted molar refractivity (Wildman–Crippen MR) is 55.7 cm³/mol. The molecule has 1 aliphatic heterocycles. The first-order chi connectivity index (χ1) is 7.25. The predicted octanol–water partition coefficient (Wildman–Crippen LogP) is 1.42. The van der Waals surface area contributed by atoms with Crippen molar-refractivity contribution in [1.82, 2.24) is 9.78 Å². The lowest BCUT2D eigenvalue weighted by atomic mass is 9.93. The molecule has 0 unspecified atom stereocenters. The normalized spacial score (nSPS) is 17.9. The highest BCUT2D eigenvalue weighted by Crippen LogP contribution is 2.20. The van der Waals surface area contributed by atoms with Crippen LogP contribution in [0.4, 0.5) is 0 Å². The number of nitrogens with zero attached hydrogens (tertiary/aromatic N) is 2. The largest absolute Gasteiger partial charge is 0.381 e. The Kier molecular flexibility index (Phi) is 3.16. The lowest BCUT2D eigenvalue weighted by Crippen LogP contribution is -2.19. The van der Waals surface area contributed by atoms with Crippen LogP contribution >= 0.6 is 0 Å². The molecule has 1 fully saturated rings. The van der Waals surface area contributed by atoms with Crippen molar-refractivity contribution in [2.24, 2.45) is 13.0 Å². The fraction of sp³-hybridized carbons (Fsp3) is 0.636. The third-order valence-corrected chi connectivity index (χ3v) is 2.81. The number of carbonyl (C=O) groups excluding carboxylic acids is 1. The van der Waals surface area contributed by atoms with Crippen LogP contribution in [0.1, 0.15) is 29.8 Å². The minimum Gasteiger partial charge on any atom is -0.381 e. The summed E-state index contributed by atoms with van der Waals surface area (Å²) in [5.41, 5.74) is 0.587. The van der Waals surface area contributed by atoms with Gasteiger partial charge in [0, 0.05) is 32.9 Å². The van der Waals surface area contributed by atoms with E-state index in [2.05, 4.69) is 5.10 Å². The number of aryl methyl sites for hydroxylation is 1. The number of ketones is 1. The van der Waals surface area contributed by atoms with Crippen molar-refractivity contribution in [3.63, 3.8) is 0 Å². The summed E-state index contributed by atoms with van der Waals surface area (Å²) in [7, 11) is 1.82. The van der Waals surface area contributed by atoms with Gasteiger partial charge in [0.15, 0.2) is 5.78 Å². The molecule has 0 amide bonds. The van der Waals surface area contributed by atoms with Gasteiger partial charge in [-0.2, -0.15) is 5.10 Å². The van der Waals surface area contributed by atoms with E-state index < -0.39 is 0 Å². The number of aromatic nitrogens is 2. The Hall–Kier alpha value is -1.16. The fourth-order valence-electron chi connectivity index (χ4n) is 1.88. The van der Waals surface area contributed by atoms with E-state index >= 15 is 0 Å². The van der Waals surface area contributed by atoms with Gasteiger partial charge in [0.2, 0.25) is 0 Å². The van der Waals surface area contributed by atoms with Crippen molar-refractivity contribution in [2.75, 3.05) is 13.2 Å². The minimum absolute atomic E-state index is 0.155. The molecule has 15 heavy (non-hydrogen) atoms. The van der Waals surface area contributed by atoms with Gasteiger partial charge in [-0.3, -0.25) is 9.48 Å². The Balaban J connectivity index is 1.91. The van der Waals surface area contributed by atoms with Crippen molar-refractivity contribution in [1.29, 1.82) is 0 Å². The van der Waals surface area contributed by atoms with Gasteiger partial charge in [0.25, 0.3) is 0 Å². The van der Waals surface area contributed by atoms with Crippen LogP contribution in [0.5, 0.6) is 0 Å². The first-order valence-corrected chi connectivity index (χ1v) is 5.36. The van der Waals surface area contributed by atoms with Gasteiger partial charge in [-0.15, -0.1) is 0 Å². The van der Waals surface area contributed by atoms with Crippen LogP contribution in [0, 0.1) is 5.92 Å². The van der Waals surface area contributed by atoms with E-state index in [4.69, 9.17) is 4.74 Å². The highest BCUT2D eigenvalue weighted by molar-refractivity contribution is 5.94. The van der Waals surface area contributed by atoms with Crippen LogP contribution in [0.2, 0.25) is 0 Å². The Morgan fingerprint density at radius 1 is 1.60 bits per heavy atom. The zero-order valence-electron chi connectivity index (χ0n) is 8.98. The zero-order valence-corrected chi connectivity index (χ0v) is 8.98. The molecule has 0 radical (unpaired) electrons. The summed E-state index contributed by atoms with van der Waals surface area (Å²) >= 11 is 0. The molecule has 0 atom stereocenters. The average molecular weight is 208 g/mol. The number of carbonyl (C=O) groups is 1. The SMILES string of the molecule is Cn1ccc(C(=O)CC2CCOCC2)n1. The maximum absolute atomic E-state index is 11.8. The van der Waals surface area contributed by atoms with Gasteiger partial charge in [-0.25, -0.2) is 0 Å².